The fraction of sp³-hybridized carbons (Fsp3) is 0.611. The first-order chi connectivity index (χ1) is 13.4. The van der Waals surface area contributed by atoms with E-state index in [0.29, 0.717) is 0 Å². The van der Waals surface area contributed by atoms with Crippen LogP contribution in [0.15, 0.2) is 23.1 Å². The van der Waals surface area contributed by atoms with Crippen LogP contribution in [0.2, 0.25) is 0 Å². The fourth-order valence-corrected chi connectivity index (χ4v) is 6.58. The van der Waals surface area contributed by atoms with Gasteiger partial charge >= 0.3 is 0 Å². The molecule has 0 aliphatic heterocycles. The average molecular weight is 451 g/mol. The van der Waals surface area contributed by atoms with Crippen molar-refractivity contribution in [2.75, 3.05) is 25.2 Å². The number of alkyl halides is 2. The first-order valence-corrected chi connectivity index (χ1v) is 13.5. The van der Waals surface area contributed by atoms with Crippen molar-refractivity contribution >= 4 is 34.1 Å². The quantitative estimate of drug-likeness (QED) is 0.524. The number of rotatable bonds is 8. The standard InChI is InChI=1S/C18H28F2N3O4PS/c1-28(2,25)14-10-13(8-9-15(14)29(26,27)22-11-16(19)20)23-18(24)17(21)12-6-4-3-5-7-12/h8-10,12,16-17,22H,3-7,11,21H2,1-2H3,(H,23,24)/t17-/m0/s1. The van der Waals surface area contributed by atoms with Crippen molar-refractivity contribution in [2.45, 2.75) is 49.5 Å². The van der Waals surface area contributed by atoms with Gasteiger partial charge in [0.15, 0.2) is 0 Å². The predicted molar refractivity (Wildman–Crippen MR) is 110 cm³/mol. The molecule has 0 spiro atoms. The van der Waals surface area contributed by atoms with E-state index in [1.54, 1.807) is 4.72 Å². The summed E-state index contributed by atoms with van der Waals surface area (Å²) in [6.07, 6.45) is 2.10. The number of amides is 1. The molecular formula is C18H28F2N3O4PS. The molecule has 1 atom stereocenters. The Morgan fingerprint density at radius 2 is 1.86 bits per heavy atom. The van der Waals surface area contributed by atoms with E-state index in [2.05, 4.69) is 5.32 Å². The Bertz CT molecular complexity index is 883. The van der Waals surface area contributed by atoms with Crippen LogP contribution in [0.3, 0.4) is 0 Å². The molecule has 0 saturated heterocycles. The van der Waals surface area contributed by atoms with Gasteiger partial charge in [-0.15, -0.1) is 0 Å². The monoisotopic (exact) mass is 451 g/mol. The molecule has 0 radical (unpaired) electrons. The molecule has 4 N–H and O–H groups in total. The number of nitrogens with one attached hydrogen (secondary N) is 2. The van der Waals surface area contributed by atoms with E-state index >= 15 is 0 Å². The summed E-state index contributed by atoms with van der Waals surface area (Å²) in [5.41, 5.74) is 6.34. The lowest BCUT2D eigenvalue weighted by Crippen LogP contribution is -2.42. The van der Waals surface area contributed by atoms with Crippen LogP contribution in [0.25, 0.3) is 0 Å². The summed E-state index contributed by atoms with van der Waals surface area (Å²) in [4.78, 5) is 12.2. The number of sulfonamides is 1. The highest BCUT2D eigenvalue weighted by Gasteiger charge is 2.29. The van der Waals surface area contributed by atoms with Crippen molar-refractivity contribution in [1.29, 1.82) is 0 Å². The number of carbonyl (C=O) groups excluding carboxylic acids is 1. The topological polar surface area (TPSA) is 118 Å². The van der Waals surface area contributed by atoms with Crippen LogP contribution in [-0.2, 0) is 19.4 Å². The Morgan fingerprint density at radius 3 is 2.41 bits per heavy atom. The van der Waals surface area contributed by atoms with Crippen LogP contribution in [-0.4, -0.2) is 46.7 Å². The van der Waals surface area contributed by atoms with Gasteiger partial charge in [-0.3, -0.25) is 4.79 Å². The second-order valence-corrected chi connectivity index (χ2v) is 12.6. The Hall–Kier alpha value is -1.35. The van der Waals surface area contributed by atoms with Gasteiger partial charge in [0.2, 0.25) is 15.9 Å². The lowest BCUT2D eigenvalue weighted by atomic mass is 9.84. The van der Waals surface area contributed by atoms with E-state index < -0.39 is 42.1 Å². The van der Waals surface area contributed by atoms with Crippen molar-refractivity contribution in [2.24, 2.45) is 11.7 Å². The van der Waals surface area contributed by atoms with Crippen LogP contribution in [0.5, 0.6) is 0 Å². The molecule has 1 aliphatic carbocycles. The molecule has 29 heavy (non-hydrogen) atoms. The molecule has 1 saturated carbocycles. The smallest absolute Gasteiger partial charge is 0.251 e. The van der Waals surface area contributed by atoms with Gasteiger partial charge in [-0.25, -0.2) is 21.9 Å². The minimum Gasteiger partial charge on any atom is -0.325 e. The Morgan fingerprint density at radius 1 is 1.24 bits per heavy atom. The van der Waals surface area contributed by atoms with Crippen molar-refractivity contribution in [3.05, 3.63) is 18.2 Å². The first-order valence-electron chi connectivity index (χ1n) is 9.45. The highest BCUT2D eigenvalue weighted by molar-refractivity contribution is 7.90. The molecule has 1 aliphatic rings. The summed E-state index contributed by atoms with van der Waals surface area (Å²) in [6, 6.07) is 3.11. The number of nitrogens with two attached hydrogens (primary N) is 1. The zero-order chi connectivity index (χ0) is 21.8. The third-order valence-corrected chi connectivity index (χ3v) is 8.15. The molecule has 0 unspecified atom stereocenters. The molecule has 11 heteroatoms. The van der Waals surface area contributed by atoms with Crippen LogP contribution >= 0.6 is 7.14 Å². The van der Waals surface area contributed by atoms with Crippen LogP contribution < -0.4 is 21.1 Å². The maximum absolute atomic E-state index is 12.7. The number of hydrogen-bond acceptors (Lipinski definition) is 5. The third-order valence-electron chi connectivity index (χ3n) is 4.98. The van der Waals surface area contributed by atoms with Crippen LogP contribution in [0.1, 0.15) is 32.1 Å². The van der Waals surface area contributed by atoms with E-state index in [-0.39, 0.29) is 21.8 Å². The highest BCUT2D eigenvalue weighted by Crippen LogP contribution is 2.38. The Labute approximate surface area is 170 Å². The summed E-state index contributed by atoms with van der Waals surface area (Å²) in [7, 11) is -7.40. The fourth-order valence-electron chi connectivity index (χ4n) is 3.43. The van der Waals surface area contributed by atoms with E-state index in [1.807, 2.05) is 0 Å². The molecule has 1 fully saturated rings. The second-order valence-electron chi connectivity index (χ2n) is 7.69. The zero-order valence-corrected chi connectivity index (χ0v) is 18.2. The van der Waals surface area contributed by atoms with E-state index in [9.17, 15) is 26.6 Å². The van der Waals surface area contributed by atoms with Gasteiger partial charge in [-0.05, 0) is 50.3 Å². The molecule has 2 rings (SSSR count). The van der Waals surface area contributed by atoms with E-state index in [0.717, 1.165) is 38.2 Å². The zero-order valence-electron chi connectivity index (χ0n) is 16.5. The maximum atomic E-state index is 12.7. The van der Waals surface area contributed by atoms with Gasteiger partial charge < -0.3 is 15.6 Å². The van der Waals surface area contributed by atoms with Crippen LogP contribution in [0, 0.1) is 5.92 Å². The Balaban J connectivity index is 2.27. The lowest BCUT2D eigenvalue weighted by molar-refractivity contribution is -0.118. The molecule has 1 aromatic carbocycles. The number of anilines is 1. The number of benzene rings is 1. The van der Waals surface area contributed by atoms with Gasteiger partial charge in [0, 0.05) is 11.0 Å². The van der Waals surface area contributed by atoms with Gasteiger partial charge in [0.1, 0.15) is 7.14 Å². The number of hydrogen-bond donors (Lipinski definition) is 3. The third kappa shape index (κ3) is 6.57. The molecule has 1 aromatic rings. The van der Waals surface area contributed by atoms with Crippen molar-refractivity contribution in [1.82, 2.24) is 4.72 Å². The minimum atomic E-state index is -4.29. The summed E-state index contributed by atoms with van der Waals surface area (Å²) < 4.78 is 64.0. The van der Waals surface area contributed by atoms with Gasteiger partial charge in [-0.1, -0.05) is 19.3 Å². The van der Waals surface area contributed by atoms with Crippen molar-refractivity contribution in [3.8, 4) is 0 Å². The molecular weight excluding hydrogens is 423 g/mol. The first kappa shape index (κ1) is 23.9. The Kier molecular flexibility index (Phi) is 7.95. The van der Waals surface area contributed by atoms with Crippen molar-refractivity contribution < 1.29 is 26.6 Å². The molecule has 1 amide bonds. The van der Waals surface area contributed by atoms with Crippen LogP contribution in [0.4, 0.5) is 14.5 Å². The summed E-state index contributed by atoms with van der Waals surface area (Å²) in [5, 5.41) is 2.64. The van der Waals surface area contributed by atoms with Gasteiger partial charge in [0.05, 0.1) is 17.5 Å². The van der Waals surface area contributed by atoms with Gasteiger partial charge in [-0.2, -0.15) is 0 Å². The molecule has 7 nitrogen and oxygen atoms in total. The lowest BCUT2D eigenvalue weighted by Gasteiger charge is -2.26. The average Bonchev–Trinajstić information content (AvgIpc) is 2.65. The van der Waals surface area contributed by atoms with Crippen molar-refractivity contribution in [3.63, 3.8) is 0 Å². The number of halogens is 2. The highest BCUT2D eigenvalue weighted by atomic mass is 32.2. The SMILES string of the molecule is CP(C)(=O)c1cc(NC(=O)[C@@H](N)C2CCCCC2)ccc1S(=O)(=O)NCC(F)F. The maximum Gasteiger partial charge on any atom is 0.251 e. The van der Waals surface area contributed by atoms with Gasteiger partial charge in [0.25, 0.3) is 6.43 Å². The van der Waals surface area contributed by atoms with E-state index in [1.165, 1.54) is 25.5 Å². The summed E-state index contributed by atoms with van der Waals surface area (Å²) in [6.45, 7) is 1.69. The normalized spacial score (nSPS) is 17.3. The predicted octanol–water partition coefficient (Wildman–Crippen LogP) is 2.32. The largest absolute Gasteiger partial charge is 0.325 e. The number of carbonyl (C=O) groups is 1. The van der Waals surface area contributed by atoms with E-state index in [4.69, 9.17) is 5.73 Å². The molecule has 0 bridgehead atoms. The molecule has 0 heterocycles. The minimum absolute atomic E-state index is 0.0247. The summed E-state index contributed by atoms with van der Waals surface area (Å²) in [5.74, 6) is -0.304. The summed E-state index contributed by atoms with van der Waals surface area (Å²) >= 11 is 0. The second kappa shape index (κ2) is 9.64. The molecule has 164 valence electrons. The molecule has 0 aromatic heterocycles.